The van der Waals surface area contributed by atoms with E-state index in [1.807, 2.05) is 67.2 Å². The number of pyridine rings is 1. The van der Waals surface area contributed by atoms with Crippen LogP contribution in [-0.4, -0.2) is 14.3 Å². The lowest BCUT2D eigenvalue weighted by molar-refractivity contribution is 0.629. The largest absolute Gasteiger partial charge is 0.307 e. The highest BCUT2D eigenvalue weighted by Crippen LogP contribution is 2.10. The molecule has 0 amide bonds. The Labute approximate surface area is 135 Å². The summed E-state index contributed by atoms with van der Waals surface area (Å²) in [5.74, 6) is 0. The fourth-order valence-corrected chi connectivity index (χ4v) is 2.65. The smallest absolute Gasteiger partial charge is 0.276 e. The molecule has 0 aliphatic carbocycles. The molecule has 0 fully saturated rings. The van der Waals surface area contributed by atoms with Gasteiger partial charge < -0.3 is 5.32 Å². The standard InChI is InChI=1S/C18H20N4O/c1-14-17(13-19-12-15-8-6-7-11-20-15)18(23)22(21(14)2)16-9-4-3-5-10-16/h3-11,19H,12-13H2,1-2H3. The van der Waals surface area contributed by atoms with Crippen molar-refractivity contribution in [1.29, 1.82) is 0 Å². The third kappa shape index (κ3) is 3.10. The summed E-state index contributed by atoms with van der Waals surface area (Å²) in [7, 11) is 1.91. The van der Waals surface area contributed by atoms with E-state index in [0.717, 1.165) is 22.6 Å². The Hall–Kier alpha value is -2.66. The molecule has 3 aromatic rings. The molecule has 0 radical (unpaired) electrons. The molecule has 0 saturated carbocycles. The van der Waals surface area contributed by atoms with Gasteiger partial charge in [-0.3, -0.25) is 14.5 Å². The predicted octanol–water partition coefficient (Wildman–Crippen LogP) is 2.17. The molecule has 5 nitrogen and oxygen atoms in total. The molecule has 0 bridgehead atoms. The van der Waals surface area contributed by atoms with Crippen molar-refractivity contribution in [3.05, 3.63) is 82.0 Å². The van der Waals surface area contributed by atoms with Crippen LogP contribution in [0, 0.1) is 6.92 Å². The summed E-state index contributed by atoms with van der Waals surface area (Å²) < 4.78 is 3.60. The Balaban J connectivity index is 1.82. The molecule has 2 aromatic heterocycles. The molecule has 1 aromatic carbocycles. The van der Waals surface area contributed by atoms with E-state index < -0.39 is 0 Å². The number of nitrogens with one attached hydrogen (secondary N) is 1. The van der Waals surface area contributed by atoms with E-state index in [4.69, 9.17) is 0 Å². The number of benzene rings is 1. The molecule has 0 spiro atoms. The van der Waals surface area contributed by atoms with E-state index in [1.165, 1.54) is 0 Å². The maximum atomic E-state index is 12.7. The van der Waals surface area contributed by atoms with Crippen LogP contribution in [0.2, 0.25) is 0 Å². The number of aromatic nitrogens is 3. The maximum Gasteiger partial charge on any atom is 0.276 e. The first-order valence-electron chi connectivity index (χ1n) is 7.62. The monoisotopic (exact) mass is 308 g/mol. The average molecular weight is 308 g/mol. The van der Waals surface area contributed by atoms with Crippen LogP contribution in [0.4, 0.5) is 0 Å². The van der Waals surface area contributed by atoms with Crippen molar-refractivity contribution in [2.75, 3.05) is 0 Å². The molecule has 5 heteroatoms. The molecule has 0 unspecified atom stereocenters. The Morgan fingerprint density at radius 1 is 1.04 bits per heavy atom. The normalized spacial score (nSPS) is 10.9. The lowest BCUT2D eigenvalue weighted by Gasteiger charge is -2.07. The predicted molar refractivity (Wildman–Crippen MR) is 90.5 cm³/mol. The topological polar surface area (TPSA) is 51.9 Å². The summed E-state index contributed by atoms with van der Waals surface area (Å²) in [5.41, 5.74) is 3.60. The average Bonchev–Trinajstić information content (AvgIpc) is 2.80. The van der Waals surface area contributed by atoms with Crippen LogP contribution in [0.5, 0.6) is 0 Å². The summed E-state index contributed by atoms with van der Waals surface area (Å²) in [4.78, 5) is 17.0. The van der Waals surface area contributed by atoms with Crippen LogP contribution >= 0.6 is 0 Å². The van der Waals surface area contributed by atoms with E-state index in [9.17, 15) is 4.79 Å². The van der Waals surface area contributed by atoms with Gasteiger partial charge in [-0.05, 0) is 31.2 Å². The number of hydrogen-bond donors (Lipinski definition) is 1. The summed E-state index contributed by atoms with van der Waals surface area (Å²) in [5, 5.41) is 3.30. The number of nitrogens with zero attached hydrogens (tertiary/aromatic N) is 3. The quantitative estimate of drug-likeness (QED) is 0.786. The minimum absolute atomic E-state index is 0.0183. The van der Waals surface area contributed by atoms with Crippen molar-refractivity contribution in [2.24, 2.45) is 7.05 Å². The molecular formula is C18H20N4O. The molecule has 1 N–H and O–H groups in total. The first-order chi connectivity index (χ1) is 11.2. The second-order valence-electron chi connectivity index (χ2n) is 5.46. The zero-order chi connectivity index (χ0) is 16.2. The van der Waals surface area contributed by atoms with Crippen molar-refractivity contribution in [3.63, 3.8) is 0 Å². The fourth-order valence-electron chi connectivity index (χ4n) is 2.65. The summed E-state index contributed by atoms with van der Waals surface area (Å²) in [6.07, 6.45) is 1.77. The first-order valence-corrected chi connectivity index (χ1v) is 7.62. The molecule has 23 heavy (non-hydrogen) atoms. The highest BCUT2D eigenvalue weighted by atomic mass is 16.1. The van der Waals surface area contributed by atoms with Gasteiger partial charge in [0.25, 0.3) is 5.56 Å². The van der Waals surface area contributed by atoms with Gasteiger partial charge in [-0.25, -0.2) is 4.68 Å². The zero-order valence-electron chi connectivity index (χ0n) is 13.4. The van der Waals surface area contributed by atoms with Gasteiger partial charge in [0.2, 0.25) is 0 Å². The minimum Gasteiger partial charge on any atom is -0.307 e. The van der Waals surface area contributed by atoms with Gasteiger partial charge in [-0.1, -0.05) is 24.3 Å². The second kappa shape index (κ2) is 6.62. The highest BCUT2D eigenvalue weighted by Gasteiger charge is 2.15. The summed E-state index contributed by atoms with van der Waals surface area (Å²) in [6.45, 7) is 3.13. The third-order valence-electron chi connectivity index (χ3n) is 4.01. The van der Waals surface area contributed by atoms with Gasteiger partial charge >= 0.3 is 0 Å². The minimum atomic E-state index is 0.0183. The van der Waals surface area contributed by atoms with Crippen LogP contribution < -0.4 is 10.9 Å². The molecule has 3 rings (SSSR count). The highest BCUT2D eigenvalue weighted by molar-refractivity contribution is 5.33. The van der Waals surface area contributed by atoms with Crippen molar-refractivity contribution < 1.29 is 0 Å². The van der Waals surface area contributed by atoms with Gasteiger partial charge in [0.05, 0.1) is 16.9 Å². The number of hydrogen-bond acceptors (Lipinski definition) is 3. The molecule has 118 valence electrons. The van der Waals surface area contributed by atoms with E-state index in [0.29, 0.717) is 13.1 Å². The molecule has 2 heterocycles. The van der Waals surface area contributed by atoms with E-state index in [-0.39, 0.29) is 5.56 Å². The Bertz CT molecular complexity index is 835. The van der Waals surface area contributed by atoms with Crippen molar-refractivity contribution in [2.45, 2.75) is 20.0 Å². The van der Waals surface area contributed by atoms with Crippen LogP contribution in [0.15, 0.2) is 59.5 Å². The fraction of sp³-hybridized carbons (Fsp3) is 0.222. The lowest BCUT2D eigenvalue weighted by atomic mass is 10.2. The van der Waals surface area contributed by atoms with E-state index in [2.05, 4.69) is 10.3 Å². The van der Waals surface area contributed by atoms with Crippen LogP contribution in [0.25, 0.3) is 5.69 Å². The molecule has 0 atom stereocenters. The third-order valence-corrected chi connectivity index (χ3v) is 4.01. The van der Waals surface area contributed by atoms with Crippen molar-refractivity contribution in [3.8, 4) is 5.69 Å². The van der Waals surface area contributed by atoms with Crippen LogP contribution in [-0.2, 0) is 20.1 Å². The van der Waals surface area contributed by atoms with Gasteiger partial charge in [-0.15, -0.1) is 0 Å². The Kier molecular flexibility index (Phi) is 4.39. The molecule has 0 saturated heterocycles. The summed E-state index contributed by atoms with van der Waals surface area (Å²) in [6, 6.07) is 15.5. The molecule has 0 aliphatic heterocycles. The number of para-hydroxylation sites is 1. The van der Waals surface area contributed by atoms with E-state index in [1.54, 1.807) is 10.9 Å². The first kappa shape index (κ1) is 15.2. The van der Waals surface area contributed by atoms with Crippen LogP contribution in [0.3, 0.4) is 0 Å². The Morgan fingerprint density at radius 3 is 2.48 bits per heavy atom. The van der Waals surface area contributed by atoms with Gasteiger partial charge in [0, 0.05) is 32.0 Å². The van der Waals surface area contributed by atoms with Crippen molar-refractivity contribution in [1.82, 2.24) is 19.7 Å². The van der Waals surface area contributed by atoms with Gasteiger partial charge in [0.15, 0.2) is 0 Å². The lowest BCUT2D eigenvalue weighted by Crippen LogP contribution is -2.23. The maximum absolute atomic E-state index is 12.7. The molecule has 0 aliphatic rings. The Morgan fingerprint density at radius 2 is 1.78 bits per heavy atom. The van der Waals surface area contributed by atoms with Crippen molar-refractivity contribution >= 4 is 0 Å². The summed E-state index contributed by atoms with van der Waals surface area (Å²) >= 11 is 0. The molecular weight excluding hydrogens is 288 g/mol. The van der Waals surface area contributed by atoms with Crippen LogP contribution in [0.1, 0.15) is 17.0 Å². The van der Waals surface area contributed by atoms with Gasteiger partial charge in [-0.2, -0.15) is 0 Å². The zero-order valence-corrected chi connectivity index (χ0v) is 13.4. The number of rotatable bonds is 5. The second-order valence-corrected chi connectivity index (χ2v) is 5.46. The van der Waals surface area contributed by atoms with E-state index >= 15 is 0 Å². The van der Waals surface area contributed by atoms with Gasteiger partial charge in [0.1, 0.15) is 0 Å². The SMILES string of the molecule is Cc1c(CNCc2ccccn2)c(=O)n(-c2ccccc2)n1C.